The van der Waals surface area contributed by atoms with E-state index in [1.807, 2.05) is 23.1 Å². The summed E-state index contributed by atoms with van der Waals surface area (Å²) in [5, 5.41) is 0. The highest BCUT2D eigenvalue weighted by molar-refractivity contribution is 5.95. The molecular weight excluding hydrogens is 314 g/mol. The lowest BCUT2D eigenvalue weighted by Gasteiger charge is -2.27. The molecule has 4 nitrogen and oxygen atoms in total. The quantitative estimate of drug-likeness (QED) is 0.864. The lowest BCUT2D eigenvalue weighted by Crippen LogP contribution is -2.40. The second kappa shape index (κ2) is 6.52. The van der Waals surface area contributed by atoms with Crippen LogP contribution in [-0.2, 0) is 16.6 Å². The summed E-state index contributed by atoms with van der Waals surface area (Å²) >= 11 is 0. The molecule has 1 amide bonds. The van der Waals surface area contributed by atoms with Crippen LogP contribution < -0.4 is 4.74 Å². The highest BCUT2D eigenvalue weighted by Gasteiger charge is 2.37. The van der Waals surface area contributed by atoms with E-state index in [-0.39, 0.29) is 11.3 Å². The third kappa shape index (κ3) is 3.14. The molecule has 4 rings (SSSR count). The SMILES string of the molecule is CC1(Cc2ccccc2)COc2cc(C(=O)N3CCOCC3)ccc21. The van der Waals surface area contributed by atoms with Crippen LogP contribution in [0.25, 0.3) is 0 Å². The topological polar surface area (TPSA) is 38.8 Å². The number of carbonyl (C=O) groups excluding carboxylic acids is 1. The number of benzene rings is 2. The first-order valence-corrected chi connectivity index (χ1v) is 8.84. The summed E-state index contributed by atoms with van der Waals surface area (Å²) in [5.41, 5.74) is 3.13. The normalized spacial score (nSPS) is 22.4. The smallest absolute Gasteiger partial charge is 0.254 e. The second-order valence-electron chi connectivity index (χ2n) is 7.13. The minimum Gasteiger partial charge on any atom is -0.492 e. The predicted octanol–water partition coefficient (Wildman–Crippen LogP) is 3.05. The van der Waals surface area contributed by atoms with Crippen molar-refractivity contribution >= 4 is 5.91 Å². The van der Waals surface area contributed by atoms with Gasteiger partial charge in [-0.2, -0.15) is 0 Å². The second-order valence-corrected chi connectivity index (χ2v) is 7.13. The number of ether oxygens (including phenoxy) is 2. The van der Waals surface area contributed by atoms with Crippen molar-refractivity contribution in [1.29, 1.82) is 0 Å². The number of hydrogen-bond donors (Lipinski definition) is 0. The van der Waals surface area contributed by atoms with Crippen molar-refractivity contribution < 1.29 is 14.3 Å². The molecule has 4 heteroatoms. The number of fused-ring (bicyclic) bond motifs is 1. The van der Waals surface area contributed by atoms with Crippen molar-refractivity contribution in [2.24, 2.45) is 0 Å². The van der Waals surface area contributed by atoms with E-state index in [0.717, 1.165) is 12.2 Å². The van der Waals surface area contributed by atoms with Crippen molar-refractivity contribution in [3.63, 3.8) is 0 Å². The van der Waals surface area contributed by atoms with Crippen LogP contribution in [-0.4, -0.2) is 43.7 Å². The highest BCUT2D eigenvalue weighted by Crippen LogP contribution is 2.41. The molecule has 130 valence electrons. The molecule has 2 aromatic rings. The average Bonchev–Trinajstić information content (AvgIpc) is 2.99. The molecule has 1 atom stereocenters. The largest absolute Gasteiger partial charge is 0.492 e. The molecule has 25 heavy (non-hydrogen) atoms. The van der Waals surface area contributed by atoms with E-state index < -0.39 is 0 Å². The lowest BCUT2D eigenvalue weighted by atomic mass is 9.79. The first-order chi connectivity index (χ1) is 12.2. The molecule has 0 aromatic heterocycles. The van der Waals surface area contributed by atoms with Gasteiger partial charge in [0.25, 0.3) is 5.91 Å². The summed E-state index contributed by atoms with van der Waals surface area (Å²) < 4.78 is 11.3. The van der Waals surface area contributed by atoms with Crippen molar-refractivity contribution in [1.82, 2.24) is 4.90 Å². The maximum absolute atomic E-state index is 12.7. The van der Waals surface area contributed by atoms with Crippen LogP contribution in [0.1, 0.15) is 28.4 Å². The van der Waals surface area contributed by atoms with Crippen molar-refractivity contribution in [2.75, 3.05) is 32.9 Å². The molecule has 1 saturated heterocycles. The molecule has 0 radical (unpaired) electrons. The molecule has 2 aliphatic rings. The fourth-order valence-electron chi connectivity index (χ4n) is 3.73. The Kier molecular flexibility index (Phi) is 4.22. The molecule has 0 aliphatic carbocycles. The summed E-state index contributed by atoms with van der Waals surface area (Å²) in [5.74, 6) is 0.906. The van der Waals surface area contributed by atoms with E-state index in [1.54, 1.807) is 0 Å². The summed E-state index contributed by atoms with van der Waals surface area (Å²) in [6, 6.07) is 16.4. The van der Waals surface area contributed by atoms with Gasteiger partial charge < -0.3 is 14.4 Å². The van der Waals surface area contributed by atoms with E-state index in [9.17, 15) is 4.79 Å². The van der Waals surface area contributed by atoms with E-state index in [4.69, 9.17) is 9.47 Å². The van der Waals surface area contributed by atoms with Gasteiger partial charge in [-0.05, 0) is 24.1 Å². The standard InChI is InChI=1S/C21H23NO3/c1-21(14-16-5-3-2-4-6-16)15-25-19-13-17(7-8-18(19)21)20(23)22-9-11-24-12-10-22/h2-8,13H,9-12,14-15H2,1H3. The van der Waals surface area contributed by atoms with Crippen LogP contribution in [0.4, 0.5) is 0 Å². The van der Waals surface area contributed by atoms with Crippen molar-refractivity contribution in [3.8, 4) is 5.75 Å². The van der Waals surface area contributed by atoms with Gasteiger partial charge in [-0.25, -0.2) is 0 Å². The first-order valence-electron chi connectivity index (χ1n) is 8.84. The number of nitrogens with zero attached hydrogens (tertiary/aromatic N) is 1. The Labute approximate surface area is 148 Å². The van der Waals surface area contributed by atoms with Gasteiger partial charge in [0.1, 0.15) is 5.75 Å². The van der Waals surface area contributed by atoms with Gasteiger partial charge in [-0.15, -0.1) is 0 Å². The van der Waals surface area contributed by atoms with Gasteiger partial charge in [-0.1, -0.05) is 43.3 Å². The van der Waals surface area contributed by atoms with Gasteiger partial charge in [0.05, 0.1) is 19.8 Å². The Hall–Kier alpha value is -2.33. The zero-order valence-electron chi connectivity index (χ0n) is 14.5. The molecule has 2 aromatic carbocycles. The third-order valence-corrected chi connectivity index (χ3v) is 5.16. The highest BCUT2D eigenvalue weighted by atomic mass is 16.5. The Bertz CT molecular complexity index is 768. The Morgan fingerprint density at radius 3 is 2.64 bits per heavy atom. The summed E-state index contributed by atoms with van der Waals surface area (Å²) in [6.07, 6.45) is 0.928. The van der Waals surface area contributed by atoms with Crippen molar-refractivity contribution in [3.05, 3.63) is 65.2 Å². The van der Waals surface area contributed by atoms with Crippen LogP contribution in [0.15, 0.2) is 48.5 Å². The molecular formula is C21H23NO3. The molecule has 2 aliphatic heterocycles. The molecule has 1 unspecified atom stereocenters. The summed E-state index contributed by atoms with van der Waals surface area (Å²) in [7, 11) is 0. The Morgan fingerprint density at radius 2 is 1.88 bits per heavy atom. The van der Waals surface area contributed by atoms with Gasteiger partial charge in [0, 0.05) is 29.6 Å². The lowest BCUT2D eigenvalue weighted by molar-refractivity contribution is 0.0302. The van der Waals surface area contributed by atoms with Crippen LogP contribution in [0.3, 0.4) is 0 Å². The van der Waals surface area contributed by atoms with Crippen LogP contribution in [0.5, 0.6) is 5.75 Å². The van der Waals surface area contributed by atoms with Crippen LogP contribution in [0.2, 0.25) is 0 Å². The molecule has 2 heterocycles. The zero-order chi connectivity index (χ0) is 17.3. The number of hydrogen-bond acceptors (Lipinski definition) is 3. The molecule has 0 bridgehead atoms. The van der Waals surface area contributed by atoms with Crippen LogP contribution >= 0.6 is 0 Å². The zero-order valence-corrected chi connectivity index (χ0v) is 14.5. The summed E-state index contributed by atoms with van der Waals surface area (Å²) in [6.45, 7) is 5.41. The number of carbonyl (C=O) groups is 1. The number of morpholine rings is 1. The third-order valence-electron chi connectivity index (χ3n) is 5.16. The number of amides is 1. The fourth-order valence-corrected chi connectivity index (χ4v) is 3.73. The summed E-state index contributed by atoms with van der Waals surface area (Å²) in [4.78, 5) is 14.5. The molecule has 1 fully saturated rings. The van der Waals surface area contributed by atoms with E-state index >= 15 is 0 Å². The van der Waals surface area contributed by atoms with Crippen LogP contribution in [0, 0.1) is 0 Å². The maximum Gasteiger partial charge on any atom is 0.254 e. The number of rotatable bonds is 3. The van der Waals surface area contributed by atoms with E-state index in [2.05, 4.69) is 37.3 Å². The maximum atomic E-state index is 12.7. The van der Waals surface area contributed by atoms with E-state index in [0.29, 0.717) is 38.5 Å². The van der Waals surface area contributed by atoms with Gasteiger partial charge in [-0.3, -0.25) is 4.79 Å². The van der Waals surface area contributed by atoms with Gasteiger partial charge in [0.15, 0.2) is 0 Å². The Morgan fingerprint density at radius 1 is 1.12 bits per heavy atom. The fraction of sp³-hybridized carbons (Fsp3) is 0.381. The monoisotopic (exact) mass is 337 g/mol. The van der Waals surface area contributed by atoms with Gasteiger partial charge in [0.2, 0.25) is 0 Å². The predicted molar refractivity (Wildman–Crippen MR) is 96.2 cm³/mol. The molecule has 0 spiro atoms. The molecule has 0 saturated carbocycles. The molecule has 0 N–H and O–H groups in total. The van der Waals surface area contributed by atoms with E-state index in [1.165, 1.54) is 11.1 Å². The minimum absolute atomic E-state index is 0.0583. The van der Waals surface area contributed by atoms with Gasteiger partial charge >= 0.3 is 0 Å². The first kappa shape index (κ1) is 16.2. The van der Waals surface area contributed by atoms with Crippen molar-refractivity contribution in [2.45, 2.75) is 18.8 Å². The average molecular weight is 337 g/mol. The Balaban J connectivity index is 1.56. The minimum atomic E-state index is -0.0583.